The summed E-state index contributed by atoms with van der Waals surface area (Å²) >= 11 is 0. The van der Waals surface area contributed by atoms with Gasteiger partial charge in [-0.2, -0.15) is 0 Å². The molecule has 1 fully saturated rings. The van der Waals surface area contributed by atoms with Crippen molar-refractivity contribution in [2.24, 2.45) is 0 Å². The van der Waals surface area contributed by atoms with E-state index in [0.717, 1.165) is 35.7 Å². The first-order valence-electron chi connectivity index (χ1n) is 8.04. The number of carbonyl (C=O) groups is 1. The number of amides is 2. The van der Waals surface area contributed by atoms with E-state index in [2.05, 4.69) is 11.4 Å². The number of anilines is 1. The van der Waals surface area contributed by atoms with Crippen LogP contribution in [0.25, 0.3) is 0 Å². The van der Waals surface area contributed by atoms with E-state index in [1.807, 2.05) is 47.4 Å². The molecular weight excluding hydrogens is 304 g/mol. The van der Waals surface area contributed by atoms with Crippen molar-refractivity contribution in [2.45, 2.75) is 12.3 Å². The number of benzene rings is 2. The van der Waals surface area contributed by atoms with E-state index in [1.165, 1.54) is 0 Å². The topological polar surface area (TPSA) is 50.8 Å². The first-order chi connectivity index (χ1) is 11.7. The van der Waals surface area contributed by atoms with Crippen LogP contribution in [0.4, 0.5) is 10.5 Å². The third kappa shape index (κ3) is 3.45. The molecule has 1 N–H and O–H groups in total. The lowest BCUT2D eigenvalue weighted by Crippen LogP contribution is -2.32. The zero-order valence-corrected chi connectivity index (χ0v) is 14.0. The Morgan fingerprint density at radius 3 is 2.75 bits per heavy atom. The average molecular weight is 326 g/mol. The molecule has 1 aliphatic rings. The summed E-state index contributed by atoms with van der Waals surface area (Å²) in [5.74, 6) is 1.91. The van der Waals surface area contributed by atoms with Gasteiger partial charge in [0, 0.05) is 30.8 Å². The van der Waals surface area contributed by atoms with Gasteiger partial charge in [0.1, 0.15) is 11.5 Å². The van der Waals surface area contributed by atoms with Gasteiger partial charge in [0.05, 0.1) is 14.2 Å². The van der Waals surface area contributed by atoms with Crippen LogP contribution < -0.4 is 14.8 Å². The van der Waals surface area contributed by atoms with Crippen molar-refractivity contribution < 1.29 is 14.3 Å². The van der Waals surface area contributed by atoms with Crippen molar-refractivity contribution >= 4 is 11.7 Å². The second kappa shape index (κ2) is 7.25. The van der Waals surface area contributed by atoms with Crippen LogP contribution in [0.1, 0.15) is 17.9 Å². The molecule has 2 aromatic carbocycles. The lowest BCUT2D eigenvalue weighted by molar-refractivity contribution is 0.222. The number of likely N-dealkylation sites (tertiary alicyclic amines) is 1. The van der Waals surface area contributed by atoms with Gasteiger partial charge in [0.25, 0.3) is 0 Å². The number of para-hydroxylation sites is 1. The first-order valence-corrected chi connectivity index (χ1v) is 8.04. The van der Waals surface area contributed by atoms with Crippen molar-refractivity contribution in [3.63, 3.8) is 0 Å². The molecule has 1 heterocycles. The summed E-state index contributed by atoms with van der Waals surface area (Å²) in [6.07, 6.45) is 0.936. The van der Waals surface area contributed by atoms with Crippen LogP contribution in [-0.2, 0) is 0 Å². The Morgan fingerprint density at radius 2 is 1.96 bits per heavy atom. The smallest absolute Gasteiger partial charge is 0.321 e. The van der Waals surface area contributed by atoms with Crippen LogP contribution in [0, 0.1) is 0 Å². The lowest BCUT2D eigenvalue weighted by Gasteiger charge is -2.18. The largest absolute Gasteiger partial charge is 0.497 e. The molecule has 1 aliphatic heterocycles. The standard InChI is InChI=1S/C19H22N2O3/c1-23-16-7-5-6-15(12-16)20-19(22)21-11-10-14(13-21)17-8-3-4-9-18(17)24-2/h3-9,12,14H,10-11,13H2,1-2H3,(H,20,22). The molecule has 24 heavy (non-hydrogen) atoms. The maximum absolute atomic E-state index is 12.5. The maximum atomic E-state index is 12.5. The Balaban J connectivity index is 1.65. The highest BCUT2D eigenvalue weighted by Gasteiger charge is 2.29. The third-order valence-electron chi connectivity index (χ3n) is 4.38. The summed E-state index contributed by atoms with van der Waals surface area (Å²) in [6.45, 7) is 1.43. The molecule has 1 saturated heterocycles. The van der Waals surface area contributed by atoms with Crippen molar-refractivity contribution in [3.8, 4) is 11.5 Å². The first kappa shape index (κ1) is 16.2. The summed E-state index contributed by atoms with van der Waals surface area (Å²) in [7, 11) is 3.29. The predicted octanol–water partition coefficient (Wildman–Crippen LogP) is 3.73. The van der Waals surface area contributed by atoms with Crippen LogP contribution in [0.15, 0.2) is 48.5 Å². The number of nitrogens with one attached hydrogen (secondary N) is 1. The second-order valence-electron chi connectivity index (χ2n) is 5.84. The number of hydrogen-bond donors (Lipinski definition) is 1. The van der Waals surface area contributed by atoms with E-state index in [9.17, 15) is 4.79 Å². The maximum Gasteiger partial charge on any atom is 0.321 e. The molecule has 5 nitrogen and oxygen atoms in total. The van der Waals surface area contributed by atoms with E-state index in [0.29, 0.717) is 12.5 Å². The highest BCUT2D eigenvalue weighted by atomic mass is 16.5. The monoisotopic (exact) mass is 326 g/mol. The molecule has 0 spiro atoms. The van der Waals surface area contributed by atoms with Gasteiger partial charge in [0.15, 0.2) is 0 Å². The fourth-order valence-corrected chi connectivity index (χ4v) is 3.11. The normalized spacial score (nSPS) is 16.8. The van der Waals surface area contributed by atoms with Gasteiger partial charge in [-0.15, -0.1) is 0 Å². The van der Waals surface area contributed by atoms with Crippen LogP contribution in [0.5, 0.6) is 11.5 Å². The third-order valence-corrected chi connectivity index (χ3v) is 4.38. The Morgan fingerprint density at radius 1 is 1.12 bits per heavy atom. The Hall–Kier alpha value is -2.69. The molecule has 0 radical (unpaired) electrons. The summed E-state index contributed by atoms with van der Waals surface area (Å²) in [6, 6.07) is 15.3. The number of hydrogen-bond acceptors (Lipinski definition) is 3. The molecule has 3 rings (SSSR count). The molecule has 0 aromatic heterocycles. The summed E-state index contributed by atoms with van der Waals surface area (Å²) in [5.41, 5.74) is 1.90. The predicted molar refractivity (Wildman–Crippen MR) is 93.9 cm³/mol. The zero-order valence-electron chi connectivity index (χ0n) is 14.0. The Bertz CT molecular complexity index is 717. The van der Waals surface area contributed by atoms with E-state index in [4.69, 9.17) is 9.47 Å². The van der Waals surface area contributed by atoms with Gasteiger partial charge in [-0.3, -0.25) is 0 Å². The minimum atomic E-state index is -0.0827. The highest BCUT2D eigenvalue weighted by molar-refractivity contribution is 5.89. The number of nitrogens with zero attached hydrogens (tertiary/aromatic N) is 1. The fourth-order valence-electron chi connectivity index (χ4n) is 3.11. The van der Waals surface area contributed by atoms with Crippen LogP contribution >= 0.6 is 0 Å². The molecular formula is C19H22N2O3. The number of ether oxygens (including phenoxy) is 2. The van der Waals surface area contributed by atoms with Gasteiger partial charge in [-0.25, -0.2) is 4.79 Å². The van der Waals surface area contributed by atoms with E-state index in [1.54, 1.807) is 14.2 Å². The number of urea groups is 1. The second-order valence-corrected chi connectivity index (χ2v) is 5.84. The van der Waals surface area contributed by atoms with Crippen molar-refractivity contribution in [1.29, 1.82) is 0 Å². The van der Waals surface area contributed by atoms with E-state index >= 15 is 0 Å². The number of carbonyl (C=O) groups excluding carboxylic acids is 1. The molecule has 0 bridgehead atoms. The van der Waals surface area contributed by atoms with Gasteiger partial charge < -0.3 is 19.7 Å². The van der Waals surface area contributed by atoms with E-state index < -0.39 is 0 Å². The molecule has 5 heteroatoms. The van der Waals surface area contributed by atoms with Crippen molar-refractivity contribution in [2.75, 3.05) is 32.6 Å². The molecule has 126 valence electrons. The average Bonchev–Trinajstić information content (AvgIpc) is 3.12. The minimum Gasteiger partial charge on any atom is -0.497 e. The zero-order chi connectivity index (χ0) is 16.9. The van der Waals surface area contributed by atoms with Gasteiger partial charge in [-0.1, -0.05) is 24.3 Å². The van der Waals surface area contributed by atoms with Crippen LogP contribution in [0.2, 0.25) is 0 Å². The Labute approximate surface area is 142 Å². The molecule has 2 aromatic rings. The molecule has 1 atom stereocenters. The van der Waals surface area contributed by atoms with Crippen molar-refractivity contribution in [3.05, 3.63) is 54.1 Å². The SMILES string of the molecule is COc1cccc(NC(=O)N2CCC(c3ccccc3OC)C2)c1. The Kier molecular flexibility index (Phi) is 4.89. The number of rotatable bonds is 4. The van der Waals surface area contributed by atoms with Crippen LogP contribution in [0.3, 0.4) is 0 Å². The summed E-state index contributed by atoms with van der Waals surface area (Å²) in [4.78, 5) is 14.3. The quantitative estimate of drug-likeness (QED) is 0.931. The number of methoxy groups -OCH3 is 2. The molecule has 1 unspecified atom stereocenters. The minimum absolute atomic E-state index is 0.0827. The molecule has 2 amide bonds. The fraction of sp³-hybridized carbons (Fsp3) is 0.316. The van der Waals surface area contributed by atoms with Crippen LogP contribution in [-0.4, -0.2) is 38.2 Å². The lowest BCUT2D eigenvalue weighted by atomic mass is 9.97. The van der Waals surface area contributed by atoms with Crippen molar-refractivity contribution in [1.82, 2.24) is 4.90 Å². The summed E-state index contributed by atoms with van der Waals surface area (Å²) < 4.78 is 10.6. The molecule has 0 aliphatic carbocycles. The highest BCUT2D eigenvalue weighted by Crippen LogP contribution is 2.33. The van der Waals surface area contributed by atoms with E-state index in [-0.39, 0.29) is 6.03 Å². The van der Waals surface area contributed by atoms with Gasteiger partial charge >= 0.3 is 6.03 Å². The van der Waals surface area contributed by atoms with Gasteiger partial charge in [0.2, 0.25) is 0 Å². The van der Waals surface area contributed by atoms with Gasteiger partial charge in [-0.05, 0) is 30.2 Å². The summed E-state index contributed by atoms with van der Waals surface area (Å²) in [5, 5.41) is 2.93. The molecule has 0 saturated carbocycles.